The summed E-state index contributed by atoms with van der Waals surface area (Å²) in [5.74, 6) is 0.650. The van der Waals surface area contributed by atoms with Gasteiger partial charge in [-0.2, -0.15) is 0 Å². The fourth-order valence-electron chi connectivity index (χ4n) is 3.79. The van der Waals surface area contributed by atoms with Crippen molar-refractivity contribution in [3.8, 4) is 0 Å². The molecule has 1 unspecified atom stereocenters. The van der Waals surface area contributed by atoms with Crippen LogP contribution in [0.15, 0.2) is 0 Å². The van der Waals surface area contributed by atoms with Gasteiger partial charge in [0.2, 0.25) is 5.91 Å². The molecule has 0 spiro atoms. The van der Waals surface area contributed by atoms with Crippen molar-refractivity contribution in [2.75, 3.05) is 26.2 Å². The van der Waals surface area contributed by atoms with Crippen LogP contribution in [0.4, 0.5) is 0 Å². The molecule has 2 aliphatic heterocycles. The van der Waals surface area contributed by atoms with Gasteiger partial charge in [0.25, 0.3) is 0 Å². The molecule has 4 heteroatoms. The maximum atomic E-state index is 11.7. The van der Waals surface area contributed by atoms with Crippen LogP contribution in [-0.4, -0.2) is 54.0 Å². The van der Waals surface area contributed by atoms with Gasteiger partial charge in [-0.05, 0) is 31.7 Å². The fourth-order valence-corrected chi connectivity index (χ4v) is 3.79. The molecule has 1 amide bonds. The SMILES string of the molecule is NC(=O)C(CC1CCC1)N1CCN2CCC[C@@H]2C1. The lowest BCUT2D eigenvalue weighted by atomic mass is 9.80. The van der Waals surface area contributed by atoms with Crippen LogP contribution in [-0.2, 0) is 4.79 Å². The molecule has 18 heavy (non-hydrogen) atoms. The van der Waals surface area contributed by atoms with E-state index in [1.807, 2.05) is 0 Å². The molecule has 0 bridgehead atoms. The molecule has 3 rings (SSSR count). The molecule has 3 aliphatic rings. The molecule has 3 fully saturated rings. The van der Waals surface area contributed by atoms with Crippen molar-refractivity contribution < 1.29 is 4.79 Å². The zero-order valence-corrected chi connectivity index (χ0v) is 11.2. The van der Waals surface area contributed by atoms with Gasteiger partial charge in [-0.3, -0.25) is 14.6 Å². The first-order valence-electron chi connectivity index (χ1n) is 7.51. The van der Waals surface area contributed by atoms with Crippen LogP contribution >= 0.6 is 0 Å². The minimum Gasteiger partial charge on any atom is -0.368 e. The van der Waals surface area contributed by atoms with Gasteiger partial charge in [0.05, 0.1) is 6.04 Å². The highest BCUT2D eigenvalue weighted by molar-refractivity contribution is 5.79. The molecule has 102 valence electrons. The summed E-state index contributed by atoms with van der Waals surface area (Å²) in [6.45, 7) is 4.46. The van der Waals surface area contributed by atoms with Gasteiger partial charge in [-0.25, -0.2) is 0 Å². The van der Waals surface area contributed by atoms with E-state index < -0.39 is 0 Å². The second kappa shape index (κ2) is 5.17. The predicted octanol–water partition coefficient (Wildman–Crippen LogP) is 0.810. The van der Waals surface area contributed by atoms with Crippen molar-refractivity contribution >= 4 is 5.91 Å². The van der Waals surface area contributed by atoms with Gasteiger partial charge in [0.15, 0.2) is 0 Å². The standard InChI is InChI=1S/C14H25N3O/c15-14(18)13(9-11-3-1-4-11)17-8-7-16-6-2-5-12(16)10-17/h11-13H,1-10H2,(H2,15,18)/t12-,13?/m1/s1. The van der Waals surface area contributed by atoms with Crippen LogP contribution in [0.5, 0.6) is 0 Å². The molecule has 0 radical (unpaired) electrons. The first-order chi connectivity index (χ1) is 8.74. The number of hydrogen-bond donors (Lipinski definition) is 1. The summed E-state index contributed by atoms with van der Waals surface area (Å²) in [7, 11) is 0. The second-order valence-corrected chi connectivity index (χ2v) is 6.28. The number of hydrogen-bond acceptors (Lipinski definition) is 3. The van der Waals surface area contributed by atoms with Crippen molar-refractivity contribution in [1.82, 2.24) is 9.80 Å². The lowest BCUT2D eigenvalue weighted by Crippen LogP contribution is -2.57. The molecule has 1 aliphatic carbocycles. The van der Waals surface area contributed by atoms with E-state index in [0.717, 1.165) is 32.0 Å². The normalized spacial score (nSPS) is 31.9. The third-order valence-corrected chi connectivity index (χ3v) is 5.17. The Morgan fingerprint density at radius 2 is 2.00 bits per heavy atom. The molecular weight excluding hydrogens is 226 g/mol. The molecule has 1 saturated carbocycles. The minimum absolute atomic E-state index is 0.00181. The quantitative estimate of drug-likeness (QED) is 0.804. The number of piperazine rings is 1. The maximum Gasteiger partial charge on any atom is 0.234 e. The van der Waals surface area contributed by atoms with E-state index in [9.17, 15) is 4.79 Å². The van der Waals surface area contributed by atoms with Crippen LogP contribution in [0.3, 0.4) is 0 Å². The monoisotopic (exact) mass is 251 g/mol. The number of carbonyl (C=O) groups is 1. The van der Waals surface area contributed by atoms with Crippen LogP contribution in [0, 0.1) is 5.92 Å². The van der Waals surface area contributed by atoms with Gasteiger partial charge in [-0.1, -0.05) is 19.3 Å². The van der Waals surface area contributed by atoms with Crippen molar-refractivity contribution in [2.45, 2.75) is 50.6 Å². The average Bonchev–Trinajstić information content (AvgIpc) is 2.73. The van der Waals surface area contributed by atoms with Crippen LogP contribution < -0.4 is 5.73 Å². The van der Waals surface area contributed by atoms with E-state index in [-0.39, 0.29) is 11.9 Å². The maximum absolute atomic E-state index is 11.7. The number of nitrogens with zero attached hydrogens (tertiary/aromatic N) is 2. The van der Waals surface area contributed by atoms with Gasteiger partial charge in [-0.15, -0.1) is 0 Å². The van der Waals surface area contributed by atoms with E-state index in [2.05, 4.69) is 9.80 Å². The van der Waals surface area contributed by atoms with E-state index >= 15 is 0 Å². The Morgan fingerprint density at radius 3 is 2.67 bits per heavy atom. The smallest absolute Gasteiger partial charge is 0.234 e. The highest BCUT2D eigenvalue weighted by atomic mass is 16.1. The number of fused-ring (bicyclic) bond motifs is 1. The molecule has 2 atom stereocenters. The summed E-state index contributed by atoms with van der Waals surface area (Å²) in [6.07, 6.45) is 7.56. The van der Waals surface area contributed by atoms with E-state index in [4.69, 9.17) is 5.73 Å². The lowest BCUT2D eigenvalue weighted by molar-refractivity contribution is -0.125. The Kier molecular flexibility index (Phi) is 3.57. The number of primary amides is 1. The highest BCUT2D eigenvalue weighted by Gasteiger charge is 2.36. The number of rotatable bonds is 4. The molecule has 0 aromatic rings. The summed E-state index contributed by atoms with van der Waals surface area (Å²) >= 11 is 0. The zero-order valence-electron chi connectivity index (χ0n) is 11.2. The Bertz CT molecular complexity index is 316. The average molecular weight is 251 g/mol. The summed E-state index contributed by atoms with van der Waals surface area (Å²) in [6, 6.07) is 0.681. The number of nitrogens with two attached hydrogens (primary N) is 1. The van der Waals surface area contributed by atoms with Crippen molar-refractivity contribution in [3.63, 3.8) is 0 Å². The molecule has 4 nitrogen and oxygen atoms in total. The fraction of sp³-hybridized carbons (Fsp3) is 0.929. The number of carbonyl (C=O) groups excluding carboxylic acids is 1. The first-order valence-corrected chi connectivity index (χ1v) is 7.51. The molecule has 0 aromatic heterocycles. The van der Waals surface area contributed by atoms with Gasteiger partial charge in [0.1, 0.15) is 0 Å². The lowest BCUT2D eigenvalue weighted by Gasteiger charge is -2.42. The number of amides is 1. The van der Waals surface area contributed by atoms with Gasteiger partial charge in [0, 0.05) is 25.7 Å². The van der Waals surface area contributed by atoms with E-state index in [1.165, 1.54) is 38.6 Å². The Labute approximate surface area is 109 Å². The van der Waals surface area contributed by atoms with E-state index in [0.29, 0.717) is 6.04 Å². The second-order valence-electron chi connectivity index (χ2n) is 6.28. The van der Waals surface area contributed by atoms with Crippen LogP contribution in [0.2, 0.25) is 0 Å². The Hall–Kier alpha value is -0.610. The topological polar surface area (TPSA) is 49.6 Å². The van der Waals surface area contributed by atoms with Crippen LogP contribution in [0.1, 0.15) is 38.5 Å². The highest BCUT2D eigenvalue weighted by Crippen LogP contribution is 2.32. The van der Waals surface area contributed by atoms with Crippen molar-refractivity contribution in [2.24, 2.45) is 11.7 Å². The predicted molar refractivity (Wildman–Crippen MR) is 71.1 cm³/mol. The molecular formula is C14H25N3O. The third kappa shape index (κ3) is 2.41. The summed E-state index contributed by atoms with van der Waals surface area (Å²) in [5.41, 5.74) is 5.64. The Balaban J connectivity index is 1.61. The van der Waals surface area contributed by atoms with Gasteiger partial charge >= 0.3 is 0 Å². The third-order valence-electron chi connectivity index (χ3n) is 5.17. The molecule has 2 N–H and O–H groups in total. The largest absolute Gasteiger partial charge is 0.368 e. The molecule has 2 heterocycles. The summed E-state index contributed by atoms with van der Waals surface area (Å²) < 4.78 is 0. The molecule has 0 aromatic carbocycles. The first kappa shape index (κ1) is 12.4. The zero-order chi connectivity index (χ0) is 12.5. The summed E-state index contributed by atoms with van der Waals surface area (Å²) in [5, 5.41) is 0. The Morgan fingerprint density at radius 1 is 1.17 bits per heavy atom. The van der Waals surface area contributed by atoms with Crippen molar-refractivity contribution in [3.05, 3.63) is 0 Å². The molecule has 2 saturated heterocycles. The van der Waals surface area contributed by atoms with Crippen molar-refractivity contribution in [1.29, 1.82) is 0 Å². The summed E-state index contributed by atoms with van der Waals surface area (Å²) in [4.78, 5) is 16.7. The van der Waals surface area contributed by atoms with Gasteiger partial charge < -0.3 is 5.73 Å². The minimum atomic E-state index is -0.103. The van der Waals surface area contributed by atoms with E-state index in [1.54, 1.807) is 0 Å². The van der Waals surface area contributed by atoms with Crippen LogP contribution in [0.25, 0.3) is 0 Å².